The molecule has 90 valence electrons. The zero-order valence-electron chi connectivity index (χ0n) is 9.72. The van der Waals surface area contributed by atoms with Crippen LogP contribution in [0.2, 0.25) is 0 Å². The smallest absolute Gasteiger partial charge is 0.122 e. The van der Waals surface area contributed by atoms with Crippen LogP contribution in [-0.4, -0.2) is 27.1 Å². The van der Waals surface area contributed by atoms with Crippen LogP contribution in [0, 0.1) is 6.92 Å². The molecule has 0 saturated heterocycles. The van der Waals surface area contributed by atoms with Gasteiger partial charge in [0, 0.05) is 17.8 Å². The molecule has 2 aromatic rings. The Balaban J connectivity index is 2.20. The minimum atomic E-state index is 0.366. The number of hydrogen-bond acceptors (Lipinski definition) is 4. The van der Waals surface area contributed by atoms with E-state index in [2.05, 4.69) is 15.3 Å². The average molecular weight is 253 g/mol. The van der Waals surface area contributed by atoms with Crippen molar-refractivity contribution < 1.29 is 4.74 Å². The van der Waals surface area contributed by atoms with Crippen LogP contribution in [-0.2, 0) is 12.4 Å². The molecule has 2 aromatic heterocycles. The molecule has 0 atom stereocenters. The highest BCUT2D eigenvalue weighted by Gasteiger charge is 2.04. The number of rotatable bonds is 4. The highest BCUT2D eigenvalue weighted by Crippen LogP contribution is 2.14. The second-order valence-corrected chi connectivity index (χ2v) is 3.95. The predicted octanol–water partition coefficient (Wildman–Crippen LogP) is 1.78. The molecule has 0 unspecified atom stereocenters. The van der Waals surface area contributed by atoms with Crippen LogP contribution in [0.15, 0.2) is 18.3 Å². The van der Waals surface area contributed by atoms with Gasteiger partial charge in [0.25, 0.3) is 0 Å². The summed E-state index contributed by atoms with van der Waals surface area (Å²) in [5.41, 5.74) is 2.55. The molecule has 6 heteroatoms. The molecule has 0 amide bonds. The van der Waals surface area contributed by atoms with Gasteiger partial charge in [0.05, 0.1) is 37.1 Å². The van der Waals surface area contributed by atoms with E-state index in [1.165, 1.54) is 0 Å². The first-order valence-corrected chi connectivity index (χ1v) is 5.71. The summed E-state index contributed by atoms with van der Waals surface area (Å²) in [6.45, 7) is 2.49. The van der Waals surface area contributed by atoms with Crippen LogP contribution in [0.4, 0.5) is 0 Å². The first-order chi connectivity index (χ1) is 8.21. The normalized spacial score (nSPS) is 10.5. The van der Waals surface area contributed by atoms with E-state index in [1.54, 1.807) is 11.8 Å². The van der Waals surface area contributed by atoms with Crippen LogP contribution in [0.25, 0.3) is 0 Å². The highest BCUT2D eigenvalue weighted by molar-refractivity contribution is 6.16. The molecule has 0 aliphatic rings. The molecule has 2 heterocycles. The predicted molar refractivity (Wildman–Crippen MR) is 64.2 cm³/mol. The number of pyridine rings is 1. The quantitative estimate of drug-likeness (QED) is 0.779. The topological polar surface area (TPSA) is 52.8 Å². The molecule has 17 heavy (non-hydrogen) atoms. The molecule has 0 N–H and O–H groups in total. The number of aryl methyl sites for hydroxylation is 1. The van der Waals surface area contributed by atoms with E-state index in [-0.39, 0.29) is 0 Å². The van der Waals surface area contributed by atoms with Gasteiger partial charge >= 0.3 is 0 Å². The molecule has 0 saturated carbocycles. The van der Waals surface area contributed by atoms with Crippen LogP contribution >= 0.6 is 11.6 Å². The lowest BCUT2D eigenvalue weighted by atomic mass is 10.3. The summed E-state index contributed by atoms with van der Waals surface area (Å²) in [7, 11) is 1.64. The summed E-state index contributed by atoms with van der Waals surface area (Å²) < 4.78 is 6.90. The van der Waals surface area contributed by atoms with Gasteiger partial charge in [0.15, 0.2) is 0 Å². The third-order valence-electron chi connectivity index (χ3n) is 2.26. The van der Waals surface area contributed by atoms with E-state index < -0.39 is 0 Å². The summed E-state index contributed by atoms with van der Waals surface area (Å²) >= 11 is 5.66. The fraction of sp³-hybridized carbons (Fsp3) is 0.364. The standard InChI is InChI=1S/C11H13ClN4O/c1-8-3-11(17-2)4-9(13-8)6-16-7-10(5-12)14-15-16/h3-4,7H,5-6H2,1-2H3. The van der Waals surface area contributed by atoms with E-state index >= 15 is 0 Å². The summed E-state index contributed by atoms with van der Waals surface area (Å²) in [6.07, 6.45) is 1.81. The molecule has 0 spiro atoms. The molecule has 0 bridgehead atoms. The van der Waals surface area contributed by atoms with Gasteiger partial charge in [-0.1, -0.05) is 5.21 Å². The third-order valence-corrected chi connectivity index (χ3v) is 2.54. The van der Waals surface area contributed by atoms with Crippen molar-refractivity contribution in [1.29, 1.82) is 0 Å². The van der Waals surface area contributed by atoms with Gasteiger partial charge < -0.3 is 4.74 Å². The monoisotopic (exact) mass is 252 g/mol. The van der Waals surface area contributed by atoms with E-state index in [1.807, 2.05) is 25.3 Å². The maximum atomic E-state index is 5.66. The minimum absolute atomic E-state index is 0.366. The molecule has 5 nitrogen and oxygen atoms in total. The second kappa shape index (κ2) is 5.14. The van der Waals surface area contributed by atoms with E-state index in [4.69, 9.17) is 16.3 Å². The van der Waals surface area contributed by atoms with Crippen molar-refractivity contribution in [2.24, 2.45) is 0 Å². The fourth-order valence-electron chi connectivity index (χ4n) is 1.54. The maximum Gasteiger partial charge on any atom is 0.122 e. The minimum Gasteiger partial charge on any atom is -0.497 e. The van der Waals surface area contributed by atoms with Crippen molar-refractivity contribution in [3.8, 4) is 5.75 Å². The van der Waals surface area contributed by atoms with Gasteiger partial charge in [0.2, 0.25) is 0 Å². The molecule has 0 radical (unpaired) electrons. The van der Waals surface area contributed by atoms with Crippen molar-refractivity contribution in [2.45, 2.75) is 19.3 Å². The van der Waals surface area contributed by atoms with Crippen LogP contribution in [0.3, 0.4) is 0 Å². The van der Waals surface area contributed by atoms with Crippen LogP contribution in [0.5, 0.6) is 5.75 Å². The number of alkyl halides is 1. The summed E-state index contributed by atoms with van der Waals surface area (Å²) in [5, 5.41) is 7.89. The van der Waals surface area contributed by atoms with E-state index in [0.29, 0.717) is 12.4 Å². The van der Waals surface area contributed by atoms with Gasteiger partial charge in [-0.15, -0.1) is 16.7 Å². The molecule has 0 aliphatic heterocycles. The van der Waals surface area contributed by atoms with Gasteiger partial charge in [-0.05, 0) is 6.92 Å². The Morgan fingerprint density at radius 3 is 2.82 bits per heavy atom. The Morgan fingerprint density at radius 1 is 1.35 bits per heavy atom. The Kier molecular flexibility index (Phi) is 3.58. The summed E-state index contributed by atoms with van der Waals surface area (Å²) in [5.74, 6) is 1.16. The molecule has 2 rings (SSSR count). The SMILES string of the molecule is COc1cc(C)nc(Cn2cc(CCl)nn2)c1. The summed E-state index contributed by atoms with van der Waals surface area (Å²) in [4.78, 5) is 4.41. The van der Waals surface area contributed by atoms with Crippen LogP contribution in [0.1, 0.15) is 17.1 Å². The van der Waals surface area contributed by atoms with Gasteiger partial charge in [-0.2, -0.15) is 0 Å². The highest BCUT2D eigenvalue weighted by atomic mass is 35.5. The number of hydrogen-bond donors (Lipinski definition) is 0. The lowest BCUT2D eigenvalue weighted by Gasteiger charge is -2.05. The Hall–Kier alpha value is -1.62. The van der Waals surface area contributed by atoms with Gasteiger partial charge in [-0.3, -0.25) is 4.98 Å². The van der Waals surface area contributed by atoms with Crippen molar-refractivity contribution in [3.63, 3.8) is 0 Å². The number of aromatic nitrogens is 4. The Bertz CT molecular complexity index is 512. The molecule has 0 aliphatic carbocycles. The maximum absolute atomic E-state index is 5.66. The number of methoxy groups -OCH3 is 1. The zero-order valence-corrected chi connectivity index (χ0v) is 10.5. The van der Waals surface area contributed by atoms with Gasteiger partial charge in [0.1, 0.15) is 5.75 Å². The number of nitrogens with zero attached hydrogens (tertiary/aromatic N) is 4. The van der Waals surface area contributed by atoms with E-state index in [9.17, 15) is 0 Å². The first kappa shape index (κ1) is 11.9. The lowest BCUT2D eigenvalue weighted by Crippen LogP contribution is -2.04. The van der Waals surface area contributed by atoms with Crippen molar-refractivity contribution in [1.82, 2.24) is 20.0 Å². The average Bonchev–Trinajstić information content (AvgIpc) is 2.76. The first-order valence-electron chi connectivity index (χ1n) is 5.18. The second-order valence-electron chi connectivity index (χ2n) is 3.68. The Labute approximate surface area is 104 Å². The van der Waals surface area contributed by atoms with Crippen molar-refractivity contribution in [2.75, 3.05) is 7.11 Å². The number of halogens is 1. The molecule has 0 aromatic carbocycles. The van der Waals surface area contributed by atoms with E-state index in [0.717, 1.165) is 22.8 Å². The van der Waals surface area contributed by atoms with Gasteiger partial charge in [-0.25, -0.2) is 4.68 Å². The molecular formula is C11H13ClN4O. The largest absolute Gasteiger partial charge is 0.497 e. The third kappa shape index (κ3) is 2.94. The summed E-state index contributed by atoms with van der Waals surface area (Å²) in [6, 6.07) is 3.77. The van der Waals surface area contributed by atoms with Crippen molar-refractivity contribution >= 4 is 11.6 Å². The van der Waals surface area contributed by atoms with Crippen LogP contribution < -0.4 is 4.74 Å². The lowest BCUT2D eigenvalue weighted by molar-refractivity contribution is 0.412. The molecule has 0 fully saturated rings. The fourth-order valence-corrected chi connectivity index (χ4v) is 1.67. The number of ether oxygens (including phenoxy) is 1. The Morgan fingerprint density at radius 2 is 2.18 bits per heavy atom. The molecular weight excluding hydrogens is 240 g/mol. The van der Waals surface area contributed by atoms with Crippen molar-refractivity contribution in [3.05, 3.63) is 35.4 Å². The zero-order chi connectivity index (χ0) is 12.3.